The second kappa shape index (κ2) is 8.76. The molecule has 6 nitrogen and oxygen atoms in total. The molecule has 0 bridgehead atoms. The minimum atomic E-state index is -0.349. The van der Waals surface area contributed by atoms with Crippen molar-refractivity contribution in [3.63, 3.8) is 0 Å². The minimum Gasteiger partial charge on any atom is -0.334 e. The van der Waals surface area contributed by atoms with E-state index in [-0.39, 0.29) is 12.1 Å². The van der Waals surface area contributed by atoms with Gasteiger partial charge in [-0.2, -0.15) is 4.98 Å². The Morgan fingerprint density at radius 3 is 2.39 bits per heavy atom. The van der Waals surface area contributed by atoms with Gasteiger partial charge in [-0.25, -0.2) is 4.79 Å². The maximum absolute atomic E-state index is 12.9. The molecule has 1 aliphatic heterocycles. The second-order valence-corrected chi connectivity index (χ2v) is 7.92. The fraction of sp³-hybridized carbons (Fsp3) is 0.320. The quantitative estimate of drug-likeness (QED) is 0.575. The fourth-order valence-corrected chi connectivity index (χ4v) is 3.90. The number of rotatable bonds is 6. The average molecular weight is 417 g/mol. The van der Waals surface area contributed by atoms with Crippen LogP contribution >= 0.6 is 0 Å². The van der Waals surface area contributed by atoms with E-state index < -0.39 is 0 Å². The van der Waals surface area contributed by atoms with Crippen LogP contribution in [0.5, 0.6) is 0 Å². The molecule has 1 N–H and O–H groups in total. The molecule has 3 aromatic rings. The topological polar surface area (TPSA) is 71.3 Å². The molecule has 4 rings (SSSR count). The Bertz CT molecular complexity index is 1100. The summed E-state index contributed by atoms with van der Waals surface area (Å²) in [4.78, 5) is 19.3. The van der Waals surface area contributed by atoms with Crippen LogP contribution in [0.1, 0.15) is 55.8 Å². The van der Waals surface area contributed by atoms with Crippen LogP contribution < -0.4 is 5.32 Å². The predicted octanol–water partition coefficient (Wildman–Crippen LogP) is 5.51. The number of carbonyl (C=O) groups is 1. The third kappa shape index (κ3) is 4.10. The summed E-state index contributed by atoms with van der Waals surface area (Å²) in [6, 6.07) is 15.9. The molecule has 0 fully saturated rings. The highest BCUT2D eigenvalue weighted by Crippen LogP contribution is 2.37. The van der Waals surface area contributed by atoms with Gasteiger partial charge in [0.05, 0.1) is 11.6 Å². The molecule has 0 aliphatic carbocycles. The van der Waals surface area contributed by atoms with Gasteiger partial charge < -0.3 is 9.84 Å². The largest absolute Gasteiger partial charge is 0.334 e. The highest BCUT2D eigenvalue weighted by Gasteiger charge is 2.35. The highest BCUT2D eigenvalue weighted by molar-refractivity contribution is 5.86. The van der Waals surface area contributed by atoms with Crippen molar-refractivity contribution in [2.75, 3.05) is 6.54 Å². The molecule has 2 aromatic carbocycles. The number of carbonyl (C=O) groups excluding carboxylic acids is 1. The van der Waals surface area contributed by atoms with Crippen molar-refractivity contribution < 1.29 is 9.32 Å². The van der Waals surface area contributed by atoms with Crippen LogP contribution in [0.25, 0.3) is 17.0 Å². The summed E-state index contributed by atoms with van der Waals surface area (Å²) < 4.78 is 5.72. The van der Waals surface area contributed by atoms with Crippen molar-refractivity contribution in [3.8, 4) is 11.4 Å². The van der Waals surface area contributed by atoms with Crippen molar-refractivity contribution in [1.29, 1.82) is 0 Å². The normalized spacial score (nSPS) is 16.6. The standard InChI is InChI=1S/C25H28N4O2/c1-5-15-29-17(4)21(22(26-25(29)30)19-13-9-18(6-2)10-14-19)24-27-23(28-31-24)20-11-7-16(3)8-12-20/h7-14,22H,5-6,15H2,1-4H3,(H,26,30). The zero-order valence-corrected chi connectivity index (χ0v) is 18.5. The van der Waals surface area contributed by atoms with Crippen molar-refractivity contribution in [2.45, 2.75) is 46.6 Å². The van der Waals surface area contributed by atoms with E-state index in [0.717, 1.165) is 35.2 Å². The van der Waals surface area contributed by atoms with Crippen LogP contribution in [0, 0.1) is 6.92 Å². The third-order valence-electron chi connectivity index (χ3n) is 5.73. The summed E-state index contributed by atoms with van der Waals surface area (Å²) in [5.74, 6) is 0.966. The second-order valence-electron chi connectivity index (χ2n) is 7.92. The molecule has 2 heterocycles. The Morgan fingerprint density at radius 2 is 1.74 bits per heavy atom. The lowest BCUT2D eigenvalue weighted by Gasteiger charge is -2.35. The Hall–Kier alpha value is -3.41. The van der Waals surface area contributed by atoms with Gasteiger partial charge in [0.1, 0.15) is 0 Å². The number of hydrogen-bond acceptors (Lipinski definition) is 4. The van der Waals surface area contributed by atoms with E-state index in [0.29, 0.717) is 18.3 Å². The van der Waals surface area contributed by atoms with Gasteiger partial charge in [-0.05, 0) is 37.8 Å². The molecule has 1 aromatic heterocycles. The Balaban J connectivity index is 1.79. The molecule has 1 unspecified atom stereocenters. The minimum absolute atomic E-state index is 0.106. The van der Waals surface area contributed by atoms with Gasteiger partial charge in [-0.3, -0.25) is 4.90 Å². The van der Waals surface area contributed by atoms with Crippen LogP contribution in [0.15, 0.2) is 58.8 Å². The SMILES string of the molecule is CCCN1C(=O)NC(c2ccc(CC)cc2)C(c2nc(-c3ccc(C)cc3)no2)=C1C. The highest BCUT2D eigenvalue weighted by atomic mass is 16.5. The first-order valence-electron chi connectivity index (χ1n) is 10.8. The number of urea groups is 1. The summed E-state index contributed by atoms with van der Waals surface area (Å²) in [7, 11) is 0. The lowest BCUT2D eigenvalue weighted by atomic mass is 9.93. The Labute approximate surface area is 183 Å². The number of allylic oxidation sites excluding steroid dienone is 1. The van der Waals surface area contributed by atoms with E-state index >= 15 is 0 Å². The number of amides is 2. The van der Waals surface area contributed by atoms with Crippen molar-refractivity contribution in [3.05, 3.63) is 76.8 Å². The van der Waals surface area contributed by atoms with Crippen LogP contribution in [0.2, 0.25) is 0 Å². The van der Waals surface area contributed by atoms with Crippen LogP contribution in [0.3, 0.4) is 0 Å². The van der Waals surface area contributed by atoms with Crippen molar-refractivity contribution in [1.82, 2.24) is 20.4 Å². The first kappa shape index (κ1) is 20.8. The summed E-state index contributed by atoms with van der Waals surface area (Å²) in [5.41, 5.74) is 5.99. The summed E-state index contributed by atoms with van der Waals surface area (Å²) in [6.07, 6.45) is 1.82. The lowest BCUT2D eigenvalue weighted by molar-refractivity contribution is 0.205. The molecule has 31 heavy (non-hydrogen) atoms. The van der Waals surface area contributed by atoms with Gasteiger partial charge in [0.15, 0.2) is 0 Å². The van der Waals surface area contributed by atoms with Gasteiger partial charge >= 0.3 is 6.03 Å². The average Bonchev–Trinajstić information content (AvgIpc) is 3.26. The van der Waals surface area contributed by atoms with E-state index in [4.69, 9.17) is 9.51 Å². The number of nitrogens with one attached hydrogen (secondary N) is 1. The fourth-order valence-electron chi connectivity index (χ4n) is 3.90. The molecule has 0 saturated carbocycles. The summed E-state index contributed by atoms with van der Waals surface area (Å²) >= 11 is 0. The van der Waals surface area contributed by atoms with Gasteiger partial charge in [0.2, 0.25) is 5.82 Å². The van der Waals surface area contributed by atoms with E-state index in [1.165, 1.54) is 11.1 Å². The molecular weight excluding hydrogens is 388 g/mol. The smallest absolute Gasteiger partial charge is 0.322 e. The molecule has 1 atom stereocenters. The van der Waals surface area contributed by atoms with E-state index in [9.17, 15) is 4.79 Å². The zero-order valence-electron chi connectivity index (χ0n) is 18.5. The molecular formula is C25H28N4O2. The van der Waals surface area contributed by atoms with E-state index in [2.05, 4.69) is 48.6 Å². The maximum atomic E-state index is 12.9. The molecule has 160 valence electrons. The zero-order chi connectivity index (χ0) is 22.0. The van der Waals surface area contributed by atoms with Crippen LogP contribution in [-0.2, 0) is 6.42 Å². The van der Waals surface area contributed by atoms with Gasteiger partial charge in [0, 0.05) is 17.8 Å². The molecule has 0 radical (unpaired) electrons. The monoisotopic (exact) mass is 416 g/mol. The molecule has 0 saturated heterocycles. The third-order valence-corrected chi connectivity index (χ3v) is 5.73. The van der Waals surface area contributed by atoms with Crippen LogP contribution in [0.4, 0.5) is 4.79 Å². The number of benzene rings is 2. The number of nitrogens with zero attached hydrogens (tertiary/aromatic N) is 3. The maximum Gasteiger partial charge on any atom is 0.322 e. The molecule has 0 spiro atoms. The number of hydrogen-bond donors (Lipinski definition) is 1. The van der Waals surface area contributed by atoms with E-state index in [1.807, 2.05) is 38.1 Å². The first-order valence-corrected chi connectivity index (χ1v) is 10.8. The lowest BCUT2D eigenvalue weighted by Crippen LogP contribution is -2.46. The van der Waals surface area contributed by atoms with E-state index in [1.54, 1.807) is 4.90 Å². The molecule has 6 heteroatoms. The van der Waals surface area contributed by atoms with Gasteiger partial charge in [0.25, 0.3) is 5.89 Å². The molecule has 1 aliphatic rings. The number of aromatic nitrogens is 2. The summed E-state index contributed by atoms with van der Waals surface area (Å²) in [5, 5.41) is 7.36. The Morgan fingerprint density at radius 1 is 1.03 bits per heavy atom. The first-order chi connectivity index (χ1) is 15.0. The van der Waals surface area contributed by atoms with Crippen molar-refractivity contribution >= 4 is 11.6 Å². The number of aryl methyl sites for hydroxylation is 2. The summed E-state index contributed by atoms with van der Waals surface area (Å²) in [6.45, 7) is 8.80. The Kier molecular flexibility index (Phi) is 5.89. The predicted molar refractivity (Wildman–Crippen MR) is 121 cm³/mol. The van der Waals surface area contributed by atoms with Gasteiger partial charge in [-0.1, -0.05) is 73.1 Å². The van der Waals surface area contributed by atoms with Gasteiger partial charge in [-0.15, -0.1) is 0 Å². The molecule has 2 amide bonds. The van der Waals surface area contributed by atoms with Crippen molar-refractivity contribution in [2.24, 2.45) is 0 Å². The van der Waals surface area contributed by atoms with Crippen LogP contribution in [-0.4, -0.2) is 27.6 Å².